The van der Waals surface area contributed by atoms with E-state index >= 15 is 0 Å². The van der Waals surface area contributed by atoms with Crippen molar-refractivity contribution < 1.29 is 9.47 Å². The van der Waals surface area contributed by atoms with Gasteiger partial charge in [0.15, 0.2) is 6.29 Å². The lowest BCUT2D eigenvalue weighted by molar-refractivity contribution is -0.0579. The number of ether oxygens (including phenoxy) is 2. The lowest BCUT2D eigenvalue weighted by Gasteiger charge is -2.19. The van der Waals surface area contributed by atoms with Gasteiger partial charge in [-0.15, -0.1) is 0 Å². The van der Waals surface area contributed by atoms with Gasteiger partial charge in [0.2, 0.25) is 0 Å². The number of H-pyrrole nitrogens is 1. The molecule has 1 N–H and O–H groups in total. The molecule has 102 valence electrons. The molecule has 1 saturated heterocycles. The van der Waals surface area contributed by atoms with E-state index in [0.717, 1.165) is 32.7 Å². The van der Waals surface area contributed by atoms with Crippen molar-refractivity contribution in [3.05, 3.63) is 36.0 Å². The third-order valence-corrected chi connectivity index (χ3v) is 3.59. The molecule has 0 atom stereocenters. The highest BCUT2D eigenvalue weighted by atomic mass is 16.7. The molecule has 0 bridgehead atoms. The molecule has 1 aromatic carbocycles. The summed E-state index contributed by atoms with van der Waals surface area (Å²) < 4.78 is 10.9. The van der Waals surface area contributed by atoms with Crippen LogP contribution in [0.4, 0.5) is 0 Å². The van der Waals surface area contributed by atoms with Crippen LogP contribution in [0.5, 0.6) is 0 Å². The summed E-state index contributed by atoms with van der Waals surface area (Å²) in [6, 6.07) is 8.43. The predicted octanol–water partition coefficient (Wildman–Crippen LogP) is 2.02. The molecule has 0 radical (unpaired) electrons. The second-order valence-corrected chi connectivity index (χ2v) is 5.04. The van der Waals surface area contributed by atoms with Crippen molar-refractivity contribution in [2.45, 2.75) is 12.7 Å². The molecule has 0 amide bonds. The Bertz CT molecular complexity index is 532. The largest absolute Gasteiger partial charge is 0.361 e. The van der Waals surface area contributed by atoms with E-state index in [1.165, 1.54) is 16.5 Å². The van der Waals surface area contributed by atoms with Gasteiger partial charge in [0.25, 0.3) is 0 Å². The maximum Gasteiger partial charge on any atom is 0.170 e. The van der Waals surface area contributed by atoms with E-state index in [0.29, 0.717) is 0 Å². The zero-order valence-corrected chi connectivity index (χ0v) is 11.3. The van der Waals surface area contributed by atoms with Gasteiger partial charge in [0, 0.05) is 30.2 Å². The van der Waals surface area contributed by atoms with Crippen LogP contribution in [-0.4, -0.2) is 49.5 Å². The molecule has 2 aromatic rings. The van der Waals surface area contributed by atoms with Gasteiger partial charge in [0.1, 0.15) is 0 Å². The molecular formula is C15H20N2O2. The zero-order valence-electron chi connectivity index (χ0n) is 11.3. The predicted molar refractivity (Wildman–Crippen MR) is 75.2 cm³/mol. The van der Waals surface area contributed by atoms with Gasteiger partial charge in [-0.1, -0.05) is 18.2 Å². The number of rotatable bonds is 5. The van der Waals surface area contributed by atoms with E-state index in [4.69, 9.17) is 9.47 Å². The van der Waals surface area contributed by atoms with Crippen LogP contribution in [0.15, 0.2) is 30.5 Å². The lowest BCUT2D eigenvalue weighted by Crippen LogP contribution is -2.31. The minimum Gasteiger partial charge on any atom is -0.361 e. The summed E-state index contributed by atoms with van der Waals surface area (Å²) in [5.41, 5.74) is 2.58. The molecule has 1 aliphatic rings. The minimum atomic E-state index is -0.0482. The number of aromatic nitrogens is 1. The van der Waals surface area contributed by atoms with Crippen molar-refractivity contribution in [1.29, 1.82) is 0 Å². The Hall–Kier alpha value is -1.36. The number of nitrogens with one attached hydrogen (secondary N) is 1. The molecule has 4 nitrogen and oxygen atoms in total. The first-order chi connectivity index (χ1) is 9.33. The van der Waals surface area contributed by atoms with Crippen LogP contribution < -0.4 is 0 Å². The van der Waals surface area contributed by atoms with Gasteiger partial charge >= 0.3 is 0 Å². The van der Waals surface area contributed by atoms with Crippen molar-refractivity contribution >= 4 is 10.9 Å². The van der Waals surface area contributed by atoms with E-state index in [-0.39, 0.29) is 6.29 Å². The van der Waals surface area contributed by atoms with Crippen molar-refractivity contribution in [3.63, 3.8) is 0 Å². The van der Waals surface area contributed by atoms with Gasteiger partial charge in [-0.25, -0.2) is 0 Å². The van der Waals surface area contributed by atoms with E-state index in [1.807, 2.05) is 0 Å². The highest BCUT2D eigenvalue weighted by Gasteiger charge is 2.17. The summed E-state index contributed by atoms with van der Waals surface area (Å²) in [5, 5.41) is 1.32. The van der Waals surface area contributed by atoms with Crippen LogP contribution in [0, 0.1) is 0 Å². The smallest absolute Gasteiger partial charge is 0.170 e. The molecule has 1 aliphatic heterocycles. The summed E-state index contributed by atoms with van der Waals surface area (Å²) in [6.45, 7) is 3.29. The van der Waals surface area contributed by atoms with E-state index in [2.05, 4.69) is 47.4 Å². The van der Waals surface area contributed by atoms with E-state index in [1.54, 1.807) is 0 Å². The van der Waals surface area contributed by atoms with Gasteiger partial charge in [0.05, 0.1) is 13.2 Å². The number of fused-ring (bicyclic) bond motifs is 1. The van der Waals surface area contributed by atoms with Crippen LogP contribution in [0.1, 0.15) is 5.56 Å². The summed E-state index contributed by atoms with van der Waals surface area (Å²) in [6.07, 6.45) is 3.10. The van der Waals surface area contributed by atoms with Gasteiger partial charge in [-0.3, -0.25) is 0 Å². The SMILES string of the molecule is CN(CCc1c[nH]c2ccccc12)CC1OCCO1. The van der Waals surface area contributed by atoms with Crippen LogP contribution >= 0.6 is 0 Å². The Balaban J connectivity index is 1.56. The van der Waals surface area contributed by atoms with Gasteiger partial charge in [-0.2, -0.15) is 0 Å². The van der Waals surface area contributed by atoms with Gasteiger partial charge in [-0.05, 0) is 25.1 Å². The fourth-order valence-electron chi connectivity index (χ4n) is 2.51. The van der Waals surface area contributed by atoms with Crippen molar-refractivity contribution in [1.82, 2.24) is 9.88 Å². The third-order valence-electron chi connectivity index (χ3n) is 3.59. The Morgan fingerprint density at radius 3 is 2.89 bits per heavy atom. The monoisotopic (exact) mass is 260 g/mol. The first-order valence-corrected chi connectivity index (χ1v) is 6.79. The third kappa shape index (κ3) is 2.97. The number of hydrogen-bond acceptors (Lipinski definition) is 3. The molecule has 4 heteroatoms. The Morgan fingerprint density at radius 2 is 2.05 bits per heavy atom. The number of nitrogens with zero attached hydrogens (tertiary/aromatic N) is 1. The van der Waals surface area contributed by atoms with Crippen LogP contribution in [0.2, 0.25) is 0 Å². The lowest BCUT2D eigenvalue weighted by atomic mass is 10.1. The fraction of sp³-hybridized carbons (Fsp3) is 0.467. The maximum atomic E-state index is 5.46. The first kappa shape index (κ1) is 12.7. The number of aromatic amines is 1. The standard InChI is InChI=1S/C15H20N2O2/c1-17(11-15-18-8-9-19-15)7-6-12-10-16-14-5-3-2-4-13(12)14/h2-5,10,15-16H,6-9,11H2,1H3. The topological polar surface area (TPSA) is 37.5 Å². The fourth-order valence-corrected chi connectivity index (χ4v) is 2.51. The number of benzene rings is 1. The highest BCUT2D eigenvalue weighted by Crippen LogP contribution is 2.18. The maximum absolute atomic E-state index is 5.46. The van der Waals surface area contributed by atoms with E-state index < -0.39 is 0 Å². The van der Waals surface area contributed by atoms with E-state index in [9.17, 15) is 0 Å². The number of hydrogen-bond donors (Lipinski definition) is 1. The Morgan fingerprint density at radius 1 is 1.26 bits per heavy atom. The highest BCUT2D eigenvalue weighted by molar-refractivity contribution is 5.83. The molecule has 0 spiro atoms. The number of para-hydroxylation sites is 1. The van der Waals surface area contributed by atoms with Crippen LogP contribution in [0.3, 0.4) is 0 Å². The Labute approximate surface area is 113 Å². The molecule has 3 rings (SSSR count). The van der Waals surface area contributed by atoms with Crippen molar-refractivity contribution in [2.24, 2.45) is 0 Å². The van der Waals surface area contributed by atoms with Crippen molar-refractivity contribution in [3.8, 4) is 0 Å². The summed E-state index contributed by atoms with van der Waals surface area (Å²) >= 11 is 0. The van der Waals surface area contributed by atoms with Gasteiger partial charge < -0.3 is 19.4 Å². The summed E-state index contributed by atoms with van der Waals surface area (Å²) in [7, 11) is 2.11. The molecule has 0 aliphatic carbocycles. The summed E-state index contributed by atoms with van der Waals surface area (Å²) in [5.74, 6) is 0. The minimum absolute atomic E-state index is 0.0482. The normalized spacial score (nSPS) is 16.7. The van der Waals surface area contributed by atoms with Crippen molar-refractivity contribution in [2.75, 3.05) is 33.4 Å². The molecule has 1 aromatic heterocycles. The molecule has 1 fully saturated rings. The van der Waals surface area contributed by atoms with Crippen LogP contribution in [0.25, 0.3) is 10.9 Å². The second-order valence-electron chi connectivity index (χ2n) is 5.04. The molecule has 19 heavy (non-hydrogen) atoms. The molecule has 2 heterocycles. The molecule has 0 unspecified atom stereocenters. The van der Waals surface area contributed by atoms with Crippen LogP contribution in [-0.2, 0) is 15.9 Å². The molecule has 0 saturated carbocycles. The summed E-state index contributed by atoms with van der Waals surface area (Å²) in [4.78, 5) is 5.58. The average Bonchev–Trinajstić information content (AvgIpc) is 3.05. The Kier molecular flexibility index (Phi) is 3.82. The average molecular weight is 260 g/mol. The molecular weight excluding hydrogens is 240 g/mol. The zero-order chi connectivity index (χ0) is 13.1. The quantitative estimate of drug-likeness (QED) is 0.893. The number of likely N-dealkylation sites (N-methyl/N-ethyl adjacent to an activating group) is 1. The second kappa shape index (κ2) is 5.74. The first-order valence-electron chi connectivity index (χ1n) is 6.79.